The lowest BCUT2D eigenvalue weighted by atomic mass is 9.81. The Balaban J connectivity index is 1.43. The highest BCUT2D eigenvalue weighted by Gasteiger charge is 2.63. The van der Waals surface area contributed by atoms with Crippen molar-refractivity contribution in [1.29, 1.82) is 0 Å². The van der Waals surface area contributed by atoms with E-state index in [2.05, 4.69) is 5.10 Å². The van der Waals surface area contributed by atoms with E-state index in [1.54, 1.807) is 10.7 Å². The molecule has 7 heteroatoms. The Hall–Kier alpha value is -2.18. The average Bonchev–Trinajstić information content (AvgIpc) is 3.35. The molecule has 4 atom stereocenters. The summed E-state index contributed by atoms with van der Waals surface area (Å²) in [5.41, 5.74) is 1.95. The molecule has 2 amide bonds. The van der Waals surface area contributed by atoms with Crippen LogP contribution in [-0.2, 0) is 20.9 Å². The lowest BCUT2D eigenvalue weighted by molar-refractivity contribution is -0.124. The summed E-state index contributed by atoms with van der Waals surface area (Å²) < 4.78 is 7.58. The highest BCUT2D eigenvalue weighted by Crippen LogP contribution is 2.49. The quantitative estimate of drug-likeness (QED) is 0.778. The van der Waals surface area contributed by atoms with Crippen molar-refractivity contribution < 1.29 is 14.3 Å². The molecule has 5 rings (SSSR count). The van der Waals surface area contributed by atoms with E-state index in [0.717, 1.165) is 24.1 Å². The van der Waals surface area contributed by atoms with E-state index < -0.39 is 0 Å². The zero-order chi connectivity index (χ0) is 18.0. The molecule has 2 bridgehead atoms. The van der Waals surface area contributed by atoms with Crippen LogP contribution in [0.5, 0.6) is 0 Å². The van der Waals surface area contributed by atoms with Crippen molar-refractivity contribution in [2.75, 3.05) is 4.90 Å². The standard InChI is InChI=1S/C19H18ClN3O3/c1-10-8-15(21-22(10)9-11-2-4-12(20)5-3-11)23-18(24)16-13-6-7-14(26-13)17(16)19(23)25/h2-5,8,13-14,16-17H,6-7,9H2,1H3/t13-,14-,16+,17+/m1/s1. The summed E-state index contributed by atoms with van der Waals surface area (Å²) in [6.45, 7) is 2.48. The van der Waals surface area contributed by atoms with E-state index in [4.69, 9.17) is 16.3 Å². The third-order valence-electron chi connectivity index (χ3n) is 5.73. The summed E-state index contributed by atoms with van der Waals surface area (Å²) in [6.07, 6.45) is 1.51. The number of anilines is 1. The summed E-state index contributed by atoms with van der Waals surface area (Å²) in [5, 5.41) is 5.22. The number of hydrogen-bond acceptors (Lipinski definition) is 4. The van der Waals surface area contributed by atoms with Crippen LogP contribution in [0.2, 0.25) is 5.02 Å². The van der Waals surface area contributed by atoms with Crippen LogP contribution in [-0.4, -0.2) is 33.8 Å². The molecule has 2 aromatic rings. The van der Waals surface area contributed by atoms with E-state index in [0.29, 0.717) is 17.4 Å². The maximum Gasteiger partial charge on any atom is 0.241 e. The second-order valence-electron chi connectivity index (χ2n) is 7.28. The summed E-state index contributed by atoms with van der Waals surface area (Å²) >= 11 is 5.93. The highest BCUT2D eigenvalue weighted by atomic mass is 35.5. The Bertz CT molecular complexity index is 879. The van der Waals surface area contributed by atoms with Gasteiger partial charge in [-0.3, -0.25) is 14.3 Å². The number of carbonyl (C=O) groups is 2. The van der Waals surface area contributed by atoms with Crippen molar-refractivity contribution in [1.82, 2.24) is 9.78 Å². The molecule has 3 fully saturated rings. The summed E-state index contributed by atoms with van der Waals surface area (Å²) in [6, 6.07) is 9.35. The minimum absolute atomic E-state index is 0.108. The number of carbonyl (C=O) groups excluding carboxylic acids is 2. The normalized spacial score (nSPS) is 29.7. The van der Waals surface area contributed by atoms with Crippen LogP contribution in [0.15, 0.2) is 30.3 Å². The van der Waals surface area contributed by atoms with E-state index in [-0.39, 0.29) is 35.9 Å². The molecule has 0 N–H and O–H groups in total. The average molecular weight is 372 g/mol. The van der Waals surface area contributed by atoms with Crippen molar-refractivity contribution in [3.8, 4) is 0 Å². The van der Waals surface area contributed by atoms with Gasteiger partial charge in [-0.25, -0.2) is 4.90 Å². The Morgan fingerprint density at radius 3 is 2.35 bits per heavy atom. The number of aryl methyl sites for hydroxylation is 1. The first-order valence-corrected chi connectivity index (χ1v) is 9.23. The third kappa shape index (κ3) is 2.25. The summed E-state index contributed by atoms with van der Waals surface area (Å²) in [7, 11) is 0. The number of nitrogens with zero attached hydrogens (tertiary/aromatic N) is 3. The summed E-state index contributed by atoms with van der Waals surface area (Å²) in [5.74, 6) is -0.571. The molecular weight excluding hydrogens is 354 g/mol. The topological polar surface area (TPSA) is 64.4 Å². The van der Waals surface area contributed by atoms with Crippen LogP contribution >= 0.6 is 11.6 Å². The third-order valence-corrected chi connectivity index (χ3v) is 5.98. The number of ether oxygens (including phenoxy) is 1. The molecule has 1 aromatic carbocycles. The zero-order valence-electron chi connectivity index (χ0n) is 14.3. The second-order valence-corrected chi connectivity index (χ2v) is 7.72. The van der Waals surface area contributed by atoms with Crippen LogP contribution < -0.4 is 4.90 Å². The van der Waals surface area contributed by atoms with Crippen LogP contribution in [0.3, 0.4) is 0 Å². The molecular formula is C19H18ClN3O3. The molecule has 0 radical (unpaired) electrons. The predicted molar refractivity (Wildman–Crippen MR) is 94.9 cm³/mol. The van der Waals surface area contributed by atoms with E-state index in [1.807, 2.05) is 31.2 Å². The first-order chi connectivity index (χ1) is 12.5. The molecule has 26 heavy (non-hydrogen) atoms. The van der Waals surface area contributed by atoms with Gasteiger partial charge in [-0.1, -0.05) is 23.7 Å². The highest BCUT2D eigenvalue weighted by molar-refractivity contribution is 6.30. The Morgan fingerprint density at radius 1 is 1.12 bits per heavy atom. The molecule has 0 saturated carbocycles. The van der Waals surface area contributed by atoms with Crippen molar-refractivity contribution in [2.45, 2.75) is 38.5 Å². The predicted octanol–water partition coefficient (Wildman–Crippen LogP) is 2.56. The largest absolute Gasteiger partial charge is 0.373 e. The molecule has 4 heterocycles. The van der Waals surface area contributed by atoms with Crippen molar-refractivity contribution in [3.05, 3.63) is 46.6 Å². The Labute approximate surface area is 155 Å². The lowest BCUT2D eigenvalue weighted by Crippen LogP contribution is -2.34. The van der Waals surface area contributed by atoms with Gasteiger partial charge in [-0.15, -0.1) is 0 Å². The molecule has 0 aliphatic carbocycles. The minimum Gasteiger partial charge on any atom is -0.373 e. The number of rotatable bonds is 3. The van der Waals surface area contributed by atoms with Gasteiger partial charge in [-0.05, 0) is 37.5 Å². The van der Waals surface area contributed by atoms with Crippen molar-refractivity contribution >= 4 is 29.2 Å². The van der Waals surface area contributed by atoms with Crippen molar-refractivity contribution in [3.63, 3.8) is 0 Å². The molecule has 3 aliphatic heterocycles. The second kappa shape index (κ2) is 5.66. The van der Waals surface area contributed by atoms with Crippen molar-refractivity contribution in [2.24, 2.45) is 11.8 Å². The first kappa shape index (κ1) is 16.0. The van der Waals surface area contributed by atoms with Gasteiger partial charge in [0.05, 0.1) is 30.6 Å². The van der Waals surface area contributed by atoms with E-state index in [9.17, 15) is 9.59 Å². The number of benzene rings is 1. The molecule has 0 unspecified atom stereocenters. The van der Waals surface area contributed by atoms with Crippen LogP contribution in [0, 0.1) is 18.8 Å². The number of fused-ring (bicyclic) bond motifs is 5. The number of aromatic nitrogens is 2. The van der Waals surface area contributed by atoms with E-state index in [1.165, 1.54) is 4.90 Å². The van der Waals surface area contributed by atoms with Gasteiger partial charge in [0.15, 0.2) is 5.82 Å². The fourth-order valence-electron chi connectivity index (χ4n) is 4.46. The fourth-order valence-corrected chi connectivity index (χ4v) is 4.59. The van der Waals surface area contributed by atoms with Gasteiger partial charge in [0.2, 0.25) is 11.8 Å². The Morgan fingerprint density at radius 2 is 1.73 bits per heavy atom. The van der Waals surface area contributed by atoms with Gasteiger partial charge < -0.3 is 4.74 Å². The zero-order valence-corrected chi connectivity index (χ0v) is 15.0. The number of amides is 2. The van der Waals surface area contributed by atoms with Crippen LogP contribution in [0.1, 0.15) is 24.1 Å². The number of hydrogen-bond donors (Lipinski definition) is 0. The van der Waals surface area contributed by atoms with Crippen LogP contribution in [0.4, 0.5) is 5.82 Å². The van der Waals surface area contributed by atoms with E-state index >= 15 is 0 Å². The van der Waals surface area contributed by atoms with Crippen LogP contribution in [0.25, 0.3) is 0 Å². The Kier molecular flexibility index (Phi) is 3.49. The fraction of sp³-hybridized carbons (Fsp3) is 0.421. The summed E-state index contributed by atoms with van der Waals surface area (Å²) in [4.78, 5) is 27.0. The number of imide groups is 1. The molecule has 1 aromatic heterocycles. The van der Waals surface area contributed by atoms with Gasteiger partial charge in [0.25, 0.3) is 0 Å². The maximum atomic E-state index is 12.9. The molecule has 3 aliphatic rings. The minimum atomic E-state index is -0.331. The van der Waals surface area contributed by atoms with Gasteiger partial charge in [0, 0.05) is 16.8 Å². The van der Waals surface area contributed by atoms with Gasteiger partial charge in [-0.2, -0.15) is 5.10 Å². The molecule has 3 saturated heterocycles. The molecule has 0 spiro atoms. The smallest absolute Gasteiger partial charge is 0.241 e. The van der Waals surface area contributed by atoms with Gasteiger partial charge in [0.1, 0.15) is 0 Å². The monoisotopic (exact) mass is 371 g/mol. The molecule has 134 valence electrons. The maximum absolute atomic E-state index is 12.9. The lowest BCUT2D eigenvalue weighted by Gasteiger charge is -2.15. The molecule has 6 nitrogen and oxygen atoms in total. The first-order valence-electron chi connectivity index (χ1n) is 8.85. The number of halogens is 1. The van der Waals surface area contributed by atoms with Gasteiger partial charge >= 0.3 is 0 Å². The SMILES string of the molecule is Cc1cc(N2C(=O)[C@@H]3[C@@H](C2=O)[C@H]2CC[C@H]3O2)nn1Cc1ccc(Cl)cc1.